The average molecular weight is 455 g/mol. The van der Waals surface area contributed by atoms with Crippen LogP contribution in [0.4, 0.5) is 0 Å². The summed E-state index contributed by atoms with van der Waals surface area (Å²) in [6.07, 6.45) is 8.44. The molecule has 0 aliphatic carbocycles. The van der Waals surface area contributed by atoms with Crippen LogP contribution in [0, 0.1) is 23.7 Å². The van der Waals surface area contributed by atoms with Gasteiger partial charge in [0.1, 0.15) is 0 Å². The molecular formula is C26H46O6. The van der Waals surface area contributed by atoms with Crippen LogP contribution in [0.15, 0.2) is 12.2 Å². The second kappa shape index (κ2) is 12.0. The summed E-state index contributed by atoms with van der Waals surface area (Å²) in [7, 11) is 3.08. The van der Waals surface area contributed by atoms with E-state index < -0.39 is 6.10 Å². The van der Waals surface area contributed by atoms with Gasteiger partial charge in [0.15, 0.2) is 0 Å². The highest BCUT2D eigenvalue weighted by Crippen LogP contribution is 2.47. The summed E-state index contributed by atoms with van der Waals surface area (Å²) in [6.45, 7) is 12.6. The zero-order valence-corrected chi connectivity index (χ0v) is 21.4. The predicted octanol–water partition coefficient (Wildman–Crippen LogP) is 4.53. The van der Waals surface area contributed by atoms with Crippen LogP contribution in [0.1, 0.15) is 73.6 Å². The van der Waals surface area contributed by atoms with Gasteiger partial charge in [0.25, 0.3) is 0 Å². The Morgan fingerprint density at radius 1 is 1.22 bits per heavy atom. The van der Waals surface area contributed by atoms with Crippen LogP contribution in [-0.2, 0) is 23.7 Å². The predicted molar refractivity (Wildman–Crippen MR) is 125 cm³/mol. The standard InChI is InChI=1S/C26H46O6/c1-16(15-26(6)25(32-26)19(4)24(30-8)20(5)27)10-9-11-17(2)21-13-12-18(3)22(31-21)14-23(28)29-7/h9-10,16-22,24-25,27H,11-15H2,1-8H3/b10-9+/t16-,17?,18+,19-,20-,21+,22+,24-,25-,26-/m1/s1. The molecule has 0 radical (unpaired) electrons. The third-order valence-corrected chi connectivity index (χ3v) is 7.50. The van der Waals surface area contributed by atoms with Gasteiger partial charge >= 0.3 is 5.97 Å². The highest BCUT2D eigenvalue weighted by molar-refractivity contribution is 5.69. The third kappa shape index (κ3) is 7.28. The van der Waals surface area contributed by atoms with E-state index in [1.165, 1.54) is 7.11 Å². The van der Waals surface area contributed by atoms with E-state index in [-0.39, 0.29) is 41.9 Å². The SMILES string of the molecule is COC(=O)C[C@@H]1O[C@H](C(C)C/C=C/[C@@H](C)C[C@@]2(C)O[C@@H]2[C@H](C)[C@@H](OC)[C@@H](C)O)CC[C@@H]1C. The van der Waals surface area contributed by atoms with E-state index in [0.29, 0.717) is 24.2 Å². The summed E-state index contributed by atoms with van der Waals surface area (Å²) < 4.78 is 22.7. The lowest BCUT2D eigenvalue weighted by Crippen LogP contribution is -2.38. The van der Waals surface area contributed by atoms with E-state index in [0.717, 1.165) is 25.7 Å². The van der Waals surface area contributed by atoms with Crippen LogP contribution in [-0.4, -0.2) is 61.4 Å². The lowest BCUT2D eigenvalue weighted by Gasteiger charge is -2.37. The van der Waals surface area contributed by atoms with Gasteiger partial charge in [0.2, 0.25) is 0 Å². The molecule has 0 aromatic rings. The minimum absolute atomic E-state index is 0.0463. The molecule has 1 N–H and O–H groups in total. The van der Waals surface area contributed by atoms with E-state index in [1.807, 2.05) is 0 Å². The Balaban J connectivity index is 1.79. The Labute approximate surface area is 195 Å². The molecular weight excluding hydrogens is 408 g/mol. The van der Waals surface area contributed by atoms with Crippen molar-refractivity contribution in [2.75, 3.05) is 14.2 Å². The van der Waals surface area contributed by atoms with Gasteiger partial charge in [-0.05, 0) is 57.3 Å². The molecule has 0 amide bonds. The number of hydrogen-bond acceptors (Lipinski definition) is 6. The fourth-order valence-electron chi connectivity index (χ4n) is 5.45. The average Bonchev–Trinajstić information content (AvgIpc) is 3.39. The molecule has 0 aromatic carbocycles. The summed E-state index contributed by atoms with van der Waals surface area (Å²) >= 11 is 0. The minimum atomic E-state index is -0.514. The molecule has 2 saturated heterocycles. The summed E-state index contributed by atoms with van der Waals surface area (Å²) in [4.78, 5) is 11.7. The Kier molecular flexibility index (Phi) is 10.2. The number of methoxy groups -OCH3 is 2. The molecule has 6 heteroatoms. The van der Waals surface area contributed by atoms with Gasteiger partial charge in [0, 0.05) is 13.0 Å². The van der Waals surface area contributed by atoms with E-state index in [1.54, 1.807) is 14.0 Å². The molecule has 2 heterocycles. The van der Waals surface area contributed by atoms with Crippen molar-refractivity contribution in [1.82, 2.24) is 0 Å². The van der Waals surface area contributed by atoms with Crippen LogP contribution in [0.25, 0.3) is 0 Å². The Morgan fingerprint density at radius 2 is 1.91 bits per heavy atom. The van der Waals surface area contributed by atoms with Crippen LogP contribution in [0.5, 0.6) is 0 Å². The fraction of sp³-hybridized carbons (Fsp3) is 0.885. The summed E-state index contributed by atoms with van der Waals surface area (Å²) in [6, 6.07) is 0. The van der Waals surface area contributed by atoms with Crippen molar-refractivity contribution in [3.8, 4) is 0 Å². The van der Waals surface area contributed by atoms with Crippen LogP contribution in [0.3, 0.4) is 0 Å². The molecule has 2 aliphatic rings. The van der Waals surface area contributed by atoms with Crippen molar-refractivity contribution < 1.29 is 28.8 Å². The van der Waals surface area contributed by atoms with E-state index in [2.05, 4.69) is 46.8 Å². The number of carbonyl (C=O) groups is 1. The lowest BCUT2D eigenvalue weighted by molar-refractivity contribution is -0.152. The van der Waals surface area contributed by atoms with Crippen LogP contribution < -0.4 is 0 Å². The number of aliphatic hydroxyl groups excluding tert-OH is 1. The smallest absolute Gasteiger partial charge is 0.308 e. The van der Waals surface area contributed by atoms with Crippen molar-refractivity contribution in [2.24, 2.45) is 23.7 Å². The molecule has 0 saturated carbocycles. The zero-order chi connectivity index (χ0) is 24.1. The molecule has 0 bridgehead atoms. The minimum Gasteiger partial charge on any atom is -0.469 e. The number of hydrogen-bond donors (Lipinski definition) is 1. The summed E-state index contributed by atoms with van der Waals surface area (Å²) in [5.74, 6) is 1.13. The van der Waals surface area contributed by atoms with Gasteiger partial charge in [-0.1, -0.05) is 39.8 Å². The third-order valence-electron chi connectivity index (χ3n) is 7.50. The number of carbonyl (C=O) groups excluding carboxylic acids is 1. The van der Waals surface area contributed by atoms with E-state index >= 15 is 0 Å². The first-order chi connectivity index (χ1) is 15.0. The molecule has 2 rings (SSSR count). The molecule has 2 fully saturated rings. The van der Waals surface area contributed by atoms with E-state index in [4.69, 9.17) is 18.9 Å². The van der Waals surface area contributed by atoms with Gasteiger partial charge < -0.3 is 24.1 Å². The van der Waals surface area contributed by atoms with Gasteiger partial charge in [0.05, 0.1) is 49.7 Å². The Bertz CT molecular complexity index is 619. The second-order valence-electron chi connectivity index (χ2n) is 10.5. The molecule has 186 valence electrons. The van der Waals surface area contributed by atoms with Gasteiger partial charge in [-0.15, -0.1) is 0 Å². The molecule has 1 unspecified atom stereocenters. The van der Waals surface area contributed by atoms with Crippen molar-refractivity contribution in [2.45, 2.75) is 110 Å². The Morgan fingerprint density at radius 3 is 2.50 bits per heavy atom. The van der Waals surface area contributed by atoms with Crippen LogP contribution >= 0.6 is 0 Å². The van der Waals surface area contributed by atoms with Crippen molar-refractivity contribution in [3.05, 3.63) is 12.2 Å². The largest absolute Gasteiger partial charge is 0.469 e. The number of ether oxygens (including phenoxy) is 4. The normalized spacial score (nSPS) is 35.2. The monoisotopic (exact) mass is 454 g/mol. The highest BCUT2D eigenvalue weighted by atomic mass is 16.6. The number of aliphatic hydroxyl groups is 1. The number of rotatable bonds is 12. The quantitative estimate of drug-likeness (QED) is 0.265. The molecule has 0 aromatic heterocycles. The number of esters is 1. The number of epoxide rings is 1. The van der Waals surface area contributed by atoms with Gasteiger partial charge in [-0.25, -0.2) is 0 Å². The molecule has 10 atom stereocenters. The zero-order valence-electron chi connectivity index (χ0n) is 21.4. The fourth-order valence-corrected chi connectivity index (χ4v) is 5.45. The number of allylic oxidation sites excluding steroid dienone is 2. The first-order valence-corrected chi connectivity index (χ1v) is 12.3. The molecule has 2 aliphatic heterocycles. The first-order valence-electron chi connectivity index (χ1n) is 12.3. The summed E-state index contributed by atoms with van der Waals surface area (Å²) in [5, 5.41) is 9.95. The van der Waals surface area contributed by atoms with Crippen LogP contribution in [0.2, 0.25) is 0 Å². The maximum absolute atomic E-state index is 11.7. The topological polar surface area (TPSA) is 77.5 Å². The maximum Gasteiger partial charge on any atom is 0.308 e. The first kappa shape index (κ1) is 27.3. The lowest BCUT2D eigenvalue weighted by atomic mass is 9.85. The molecule has 6 nitrogen and oxygen atoms in total. The van der Waals surface area contributed by atoms with Crippen molar-refractivity contribution in [1.29, 1.82) is 0 Å². The second-order valence-corrected chi connectivity index (χ2v) is 10.5. The maximum atomic E-state index is 11.7. The highest BCUT2D eigenvalue weighted by Gasteiger charge is 2.56. The summed E-state index contributed by atoms with van der Waals surface area (Å²) in [5.41, 5.74) is -0.163. The van der Waals surface area contributed by atoms with Gasteiger partial charge in [-0.2, -0.15) is 0 Å². The van der Waals surface area contributed by atoms with Crippen molar-refractivity contribution in [3.63, 3.8) is 0 Å². The van der Waals surface area contributed by atoms with Crippen molar-refractivity contribution >= 4 is 5.97 Å². The molecule has 32 heavy (non-hydrogen) atoms. The molecule has 0 spiro atoms. The van der Waals surface area contributed by atoms with E-state index in [9.17, 15) is 9.90 Å². The van der Waals surface area contributed by atoms with Gasteiger partial charge in [-0.3, -0.25) is 4.79 Å². The Hall–Kier alpha value is -0.950.